The summed E-state index contributed by atoms with van der Waals surface area (Å²) in [5.41, 5.74) is 4.34. The number of ether oxygens (including phenoxy) is 3. The quantitative estimate of drug-likeness (QED) is 0.381. The van der Waals surface area contributed by atoms with Crippen molar-refractivity contribution in [3.05, 3.63) is 88.3 Å². The highest BCUT2D eigenvalue weighted by Gasteiger charge is 2.28. The SMILES string of the molecule is COc1ccc(N2CCN(C3=NC(=O)/C(=C/c4ccc(OCc5ccc(C)cc5)c(OC)c4)S3)CC2)cc1. The lowest BCUT2D eigenvalue weighted by Crippen LogP contribution is -2.47. The van der Waals surface area contributed by atoms with E-state index in [2.05, 4.69) is 58.1 Å². The first kappa shape index (κ1) is 25.7. The monoisotopic (exact) mass is 529 g/mol. The summed E-state index contributed by atoms with van der Waals surface area (Å²) in [6.07, 6.45) is 1.86. The minimum Gasteiger partial charge on any atom is -0.497 e. The highest BCUT2D eigenvalue weighted by atomic mass is 32.2. The number of nitrogens with zero attached hydrogens (tertiary/aromatic N) is 3. The fourth-order valence-corrected chi connectivity index (χ4v) is 5.34. The third-order valence-corrected chi connectivity index (χ3v) is 7.64. The number of benzene rings is 3. The maximum atomic E-state index is 12.7. The number of rotatable bonds is 7. The molecule has 1 saturated heterocycles. The molecule has 3 aromatic rings. The average Bonchev–Trinajstić information content (AvgIpc) is 3.33. The second-order valence-corrected chi connectivity index (χ2v) is 10.2. The van der Waals surface area contributed by atoms with Crippen LogP contribution >= 0.6 is 11.8 Å². The Hall–Kier alpha value is -3.91. The van der Waals surface area contributed by atoms with Gasteiger partial charge in [0.05, 0.1) is 19.1 Å². The summed E-state index contributed by atoms with van der Waals surface area (Å²) < 4.78 is 16.8. The van der Waals surface area contributed by atoms with Crippen molar-refractivity contribution in [1.29, 1.82) is 0 Å². The van der Waals surface area contributed by atoms with Crippen molar-refractivity contribution in [1.82, 2.24) is 4.90 Å². The van der Waals surface area contributed by atoms with Crippen LogP contribution in [0, 0.1) is 6.92 Å². The van der Waals surface area contributed by atoms with E-state index in [4.69, 9.17) is 14.2 Å². The van der Waals surface area contributed by atoms with E-state index in [0.29, 0.717) is 23.0 Å². The van der Waals surface area contributed by atoms with E-state index >= 15 is 0 Å². The van der Waals surface area contributed by atoms with Crippen LogP contribution in [0.5, 0.6) is 17.2 Å². The van der Waals surface area contributed by atoms with E-state index in [0.717, 1.165) is 48.2 Å². The van der Waals surface area contributed by atoms with Gasteiger partial charge in [0.2, 0.25) is 0 Å². The third-order valence-electron chi connectivity index (χ3n) is 6.60. The Morgan fingerprint density at radius 3 is 2.26 bits per heavy atom. The van der Waals surface area contributed by atoms with Crippen LogP contribution in [0.4, 0.5) is 5.69 Å². The van der Waals surface area contributed by atoms with E-state index < -0.39 is 0 Å². The molecule has 8 heteroatoms. The van der Waals surface area contributed by atoms with E-state index in [1.165, 1.54) is 23.0 Å². The Labute approximate surface area is 227 Å². The molecule has 38 heavy (non-hydrogen) atoms. The van der Waals surface area contributed by atoms with E-state index in [1.807, 2.05) is 36.4 Å². The molecule has 0 aliphatic carbocycles. The minimum atomic E-state index is -0.207. The van der Waals surface area contributed by atoms with Gasteiger partial charge < -0.3 is 24.0 Å². The summed E-state index contributed by atoms with van der Waals surface area (Å²) in [5.74, 6) is 1.93. The van der Waals surface area contributed by atoms with Crippen molar-refractivity contribution >= 4 is 34.6 Å². The number of carbonyl (C=O) groups is 1. The third kappa shape index (κ3) is 5.97. The lowest BCUT2D eigenvalue weighted by atomic mass is 10.1. The summed E-state index contributed by atoms with van der Waals surface area (Å²) in [6, 6.07) is 22.1. The molecule has 2 aliphatic heterocycles. The molecule has 0 atom stereocenters. The van der Waals surface area contributed by atoms with Crippen molar-refractivity contribution < 1.29 is 19.0 Å². The summed E-state index contributed by atoms with van der Waals surface area (Å²) in [6.45, 7) is 5.85. The summed E-state index contributed by atoms with van der Waals surface area (Å²) in [4.78, 5) is 22.2. The number of piperazine rings is 1. The fraction of sp³-hybridized carbons (Fsp3) is 0.267. The Balaban J connectivity index is 1.19. The van der Waals surface area contributed by atoms with Gasteiger partial charge in [0.1, 0.15) is 12.4 Å². The number of carbonyl (C=O) groups excluding carboxylic acids is 1. The molecule has 1 amide bonds. The van der Waals surface area contributed by atoms with Gasteiger partial charge >= 0.3 is 0 Å². The molecule has 0 spiro atoms. The topological polar surface area (TPSA) is 63.6 Å². The first-order valence-corrected chi connectivity index (χ1v) is 13.4. The molecule has 1 fully saturated rings. The molecule has 196 valence electrons. The molecule has 2 aliphatic rings. The zero-order valence-electron chi connectivity index (χ0n) is 21.8. The molecular weight excluding hydrogens is 498 g/mol. The second kappa shape index (κ2) is 11.6. The number of methoxy groups -OCH3 is 2. The predicted octanol–water partition coefficient (Wildman–Crippen LogP) is 5.38. The zero-order valence-corrected chi connectivity index (χ0v) is 22.7. The number of hydrogen-bond acceptors (Lipinski definition) is 7. The smallest absolute Gasteiger partial charge is 0.286 e. The van der Waals surface area contributed by atoms with Crippen LogP contribution in [0.3, 0.4) is 0 Å². The molecule has 7 nitrogen and oxygen atoms in total. The summed E-state index contributed by atoms with van der Waals surface area (Å²) in [5, 5.41) is 0.764. The highest BCUT2D eigenvalue weighted by molar-refractivity contribution is 8.18. The van der Waals surface area contributed by atoms with Gasteiger partial charge in [0.15, 0.2) is 16.7 Å². The van der Waals surface area contributed by atoms with Crippen LogP contribution < -0.4 is 19.1 Å². The van der Waals surface area contributed by atoms with Gasteiger partial charge in [-0.1, -0.05) is 35.9 Å². The van der Waals surface area contributed by atoms with Gasteiger partial charge in [-0.15, -0.1) is 0 Å². The van der Waals surface area contributed by atoms with E-state index in [1.54, 1.807) is 14.2 Å². The van der Waals surface area contributed by atoms with Gasteiger partial charge in [0.25, 0.3) is 5.91 Å². The standard InChI is InChI=1S/C30H31N3O4S/c1-21-4-6-22(7-5-21)20-37-26-13-8-23(18-27(26)36-3)19-28-29(34)31-30(38-28)33-16-14-32(15-17-33)24-9-11-25(35-2)12-10-24/h4-13,18-19H,14-17,20H2,1-3H3/b28-19-. The number of aryl methyl sites for hydroxylation is 1. The molecule has 2 heterocycles. The van der Waals surface area contributed by atoms with Crippen molar-refractivity contribution in [3.8, 4) is 17.2 Å². The molecular formula is C30H31N3O4S. The molecule has 0 radical (unpaired) electrons. The molecule has 0 saturated carbocycles. The number of aliphatic imine (C=N–C) groups is 1. The molecule has 0 aromatic heterocycles. The number of thioether (sulfide) groups is 1. The number of amides is 1. The van der Waals surface area contributed by atoms with Crippen molar-refractivity contribution in [2.45, 2.75) is 13.5 Å². The predicted molar refractivity (Wildman–Crippen MR) is 153 cm³/mol. The Morgan fingerprint density at radius 1 is 0.868 bits per heavy atom. The average molecular weight is 530 g/mol. The lowest BCUT2D eigenvalue weighted by molar-refractivity contribution is -0.113. The first-order chi connectivity index (χ1) is 18.5. The second-order valence-electron chi connectivity index (χ2n) is 9.17. The first-order valence-electron chi connectivity index (χ1n) is 12.6. The molecule has 0 unspecified atom stereocenters. The zero-order chi connectivity index (χ0) is 26.5. The van der Waals surface area contributed by atoms with Gasteiger partial charge in [-0.2, -0.15) is 4.99 Å². The minimum absolute atomic E-state index is 0.207. The highest BCUT2D eigenvalue weighted by Crippen LogP contribution is 2.34. The largest absolute Gasteiger partial charge is 0.497 e. The molecule has 3 aromatic carbocycles. The Morgan fingerprint density at radius 2 is 1.58 bits per heavy atom. The van der Waals surface area contributed by atoms with Crippen LogP contribution in [0.25, 0.3) is 6.08 Å². The molecule has 5 rings (SSSR count). The maximum absolute atomic E-state index is 12.7. The fourth-order valence-electron chi connectivity index (χ4n) is 4.37. The van der Waals surface area contributed by atoms with Crippen LogP contribution in [0.1, 0.15) is 16.7 Å². The van der Waals surface area contributed by atoms with E-state index in [-0.39, 0.29) is 5.91 Å². The number of anilines is 1. The van der Waals surface area contributed by atoms with Crippen LogP contribution in [0.15, 0.2) is 76.6 Å². The van der Waals surface area contributed by atoms with Gasteiger partial charge in [-0.25, -0.2) is 0 Å². The number of amidine groups is 1. The van der Waals surface area contributed by atoms with Crippen LogP contribution in [-0.4, -0.2) is 56.4 Å². The summed E-state index contributed by atoms with van der Waals surface area (Å²) in [7, 11) is 3.29. The van der Waals surface area contributed by atoms with Crippen molar-refractivity contribution in [3.63, 3.8) is 0 Å². The number of hydrogen-bond donors (Lipinski definition) is 0. The van der Waals surface area contributed by atoms with Gasteiger partial charge in [-0.05, 0) is 72.3 Å². The van der Waals surface area contributed by atoms with Crippen LogP contribution in [-0.2, 0) is 11.4 Å². The molecule has 0 N–H and O–H groups in total. The summed E-state index contributed by atoms with van der Waals surface area (Å²) >= 11 is 1.43. The lowest BCUT2D eigenvalue weighted by Gasteiger charge is -2.36. The van der Waals surface area contributed by atoms with Gasteiger partial charge in [0, 0.05) is 31.9 Å². The van der Waals surface area contributed by atoms with E-state index in [9.17, 15) is 4.79 Å². The maximum Gasteiger partial charge on any atom is 0.286 e. The Bertz CT molecular complexity index is 1340. The van der Waals surface area contributed by atoms with Crippen LogP contribution in [0.2, 0.25) is 0 Å². The van der Waals surface area contributed by atoms with Crippen molar-refractivity contribution in [2.75, 3.05) is 45.3 Å². The van der Waals surface area contributed by atoms with Crippen molar-refractivity contribution in [2.24, 2.45) is 4.99 Å². The molecule has 0 bridgehead atoms. The normalized spacial score (nSPS) is 16.6. The Kier molecular flexibility index (Phi) is 7.89. The van der Waals surface area contributed by atoms with Gasteiger partial charge in [-0.3, -0.25) is 4.79 Å².